The van der Waals surface area contributed by atoms with Gasteiger partial charge in [-0.3, -0.25) is 0 Å². The molecule has 22 heavy (non-hydrogen) atoms. The standard InChI is InChI=1S/C14H18F2N4O2/c1-14(2)21-8-3-6(15)11(12(8)22-14)20-5-19-9-10(20)7(16)4-18-13(9)17/h4,6,8,11-12,19H,3,5H2,1-2H3,(H2,17,18). The normalized spacial score (nSPS) is 35.4. The summed E-state index contributed by atoms with van der Waals surface area (Å²) < 4.78 is 40.3. The number of hydrogen-bond donors (Lipinski definition) is 2. The van der Waals surface area contributed by atoms with Crippen molar-refractivity contribution < 1.29 is 18.3 Å². The summed E-state index contributed by atoms with van der Waals surface area (Å²) in [6.07, 6.45) is -0.614. The summed E-state index contributed by atoms with van der Waals surface area (Å²) in [6, 6.07) is -0.614. The van der Waals surface area contributed by atoms with Gasteiger partial charge in [-0.05, 0) is 13.8 Å². The predicted octanol–water partition coefficient (Wildman–Crippen LogP) is 1.62. The number of ether oxygens (including phenoxy) is 2. The van der Waals surface area contributed by atoms with Crippen molar-refractivity contribution in [2.75, 3.05) is 22.6 Å². The van der Waals surface area contributed by atoms with Crippen LogP contribution in [0.5, 0.6) is 0 Å². The van der Waals surface area contributed by atoms with Crippen LogP contribution in [0.2, 0.25) is 0 Å². The van der Waals surface area contributed by atoms with Crippen molar-refractivity contribution in [3.8, 4) is 0 Å². The number of nitrogens with two attached hydrogens (primary N) is 1. The Morgan fingerprint density at radius 3 is 3.00 bits per heavy atom. The molecule has 0 radical (unpaired) electrons. The molecule has 4 unspecified atom stereocenters. The number of alkyl halides is 1. The third kappa shape index (κ3) is 1.87. The fourth-order valence-electron chi connectivity index (χ4n) is 3.72. The van der Waals surface area contributed by atoms with Gasteiger partial charge in [-0.2, -0.15) is 0 Å². The SMILES string of the molecule is CC1(C)OC2CC(F)C(N3CNc4c(N)ncc(F)c43)C2O1. The lowest BCUT2D eigenvalue weighted by atomic mass is 10.1. The molecular formula is C14H18F2N4O2. The van der Waals surface area contributed by atoms with Crippen molar-refractivity contribution in [1.82, 2.24) is 4.98 Å². The topological polar surface area (TPSA) is 72.6 Å². The average Bonchev–Trinajstić information content (AvgIpc) is 3.04. The maximum Gasteiger partial charge on any atom is 0.167 e. The van der Waals surface area contributed by atoms with Gasteiger partial charge < -0.3 is 25.4 Å². The van der Waals surface area contributed by atoms with Crippen LogP contribution in [0.4, 0.5) is 26.0 Å². The minimum Gasteiger partial charge on any atom is -0.382 e. The number of nitrogens with zero attached hydrogens (tertiary/aromatic N) is 2. The van der Waals surface area contributed by atoms with E-state index in [-0.39, 0.29) is 30.7 Å². The lowest BCUT2D eigenvalue weighted by Crippen LogP contribution is -2.47. The monoisotopic (exact) mass is 312 g/mol. The summed E-state index contributed by atoms with van der Waals surface area (Å²) >= 11 is 0. The molecule has 0 amide bonds. The quantitative estimate of drug-likeness (QED) is 0.821. The van der Waals surface area contributed by atoms with Gasteiger partial charge in [0.2, 0.25) is 0 Å². The van der Waals surface area contributed by atoms with Crippen molar-refractivity contribution in [3.63, 3.8) is 0 Å². The van der Waals surface area contributed by atoms with Gasteiger partial charge in [0.05, 0.1) is 25.0 Å². The third-order valence-electron chi connectivity index (χ3n) is 4.50. The molecule has 0 bridgehead atoms. The highest BCUT2D eigenvalue weighted by Crippen LogP contribution is 2.46. The van der Waals surface area contributed by atoms with E-state index in [2.05, 4.69) is 10.3 Å². The van der Waals surface area contributed by atoms with Gasteiger partial charge in [0, 0.05) is 6.42 Å². The zero-order valence-corrected chi connectivity index (χ0v) is 12.3. The van der Waals surface area contributed by atoms with E-state index in [1.165, 1.54) is 0 Å². The van der Waals surface area contributed by atoms with Crippen LogP contribution in [0.25, 0.3) is 0 Å². The van der Waals surface area contributed by atoms with Gasteiger partial charge >= 0.3 is 0 Å². The Kier molecular flexibility index (Phi) is 2.80. The number of nitrogens with one attached hydrogen (secondary N) is 1. The number of rotatable bonds is 1. The number of nitrogen functional groups attached to an aromatic ring is 1. The summed E-state index contributed by atoms with van der Waals surface area (Å²) in [4.78, 5) is 5.43. The number of fused-ring (bicyclic) bond motifs is 2. The highest BCUT2D eigenvalue weighted by atomic mass is 19.1. The Labute approximate surface area is 126 Å². The molecule has 1 aliphatic carbocycles. The van der Waals surface area contributed by atoms with Crippen LogP contribution in [-0.4, -0.2) is 41.9 Å². The van der Waals surface area contributed by atoms with Gasteiger partial charge in [0.1, 0.15) is 29.5 Å². The second-order valence-electron chi connectivity index (χ2n) is 6.40. The van der Waals surface area contributed by atoms with Crippen LogP contribution >= 0.6 is 0 Å². The first kappa shape index (κ1) is 14.0. The third-order valence-corrected chi connectivity index (χ3v) is 4.50. The molecule has 3 heterocycles. The Morgan fingerprint density at radius 2 is 2.23 bits per heavy atom. The molecule has 1 aromatic rings. The highest BCUT2D eigenvalue weighted by Gasteiger charge is 2.56. The van der Waals surface area contributed by atoms with Crippen LogP contribution in [-0.2, 0) is 9.47 Å². The Morgan fingerprint density at radius 1 is 1.45 bits per heavy atom. The first-order valence-electron chi connectivity index (χ1n) is 7.31. The fraction of sp³-hybridized carbons (Fsp3) is 0.643. The molecule has 2 fully saturated rings. The number of halogens is 2. The number of anilines is 3. The number of hydrogen-bond acceptors (Lipinski definition) is 6. The summed E-state index contributed by atoms with van der Waals surface area (Å²) in [5.41, 5.74) is 6.44. The van der Waals surface area contributed by atoms with Gasteiger partial charge in [-0.15, -0.1) is 0 Å². The number of pyridine rings is 1. The van der Waals surface area contributed by atoms with Gasteiger partial charge in [0.25, 0.3) is 0 Å². The largest absolute Gasteiger partial charge is 0.382 e. The average molecular weight is 312 g/mol. The molecule has 0 spiro atoms. The Balaban J connectivity index is 1.71. The van der Waals surface area contributed by atoms with Crippen LogP contribution in [0.3, 0.4) is 0 Å². The molecule has 6 nitrogen and oxygen atoms in total. The van der Waals surface area contributed by atoms with Crippen molar-refractivity contribution in [3.05, 3.63) is 12.0 Å². The molecule has 120 valence electrons. The molecule has 8 heteroatoms. The van der Waals surface area contributed by atoms with Gasteiger partial charge in [-0.25, -0.2) is 13.8 Å². The van der Waals surface area contributed by atoms with Crippen molar-refractivity contribution in [1.29, 1.82) is 0 Å². The van der Waals surface area contributed by atoms with Crippen LogP contribution in [0, 0.1) is 5.82 Å². The maximum absolute atomic E-state index is 14.5. The molecule has 1 aromatic heterocycles. The van der Waals surface area contributed by atoms with E-state index in [1.807, 2.05) is 0 Å². The maximum atomic E-state index is 14.5. The summed E-state index contributed by atoms with van der Waals surface area (Å²) in [6.45, 7) is 3.86. The molecule has 4 atom stereocenters. The van der Waals surface area contributed by atoms with Gasteiger partial charge in [0.15, 0.2) is 11.6 Å². The second kappa shape index (κ2) is 4.42. The minimum absolute atomic E-state index is 0.202. The summed E-state index contributed by atoms with van der Waals surface area (Å²) in [5, 5.41) is 2.99. The first-order chi connectivity index (χ1) is 10.4. The molecule has 1 saturated carbocycles. The smallest absolute Gasteiger partial charge is 0.167 e. The molecule has 1 saturated heterocycles. The molecule has 0 aromatic carbocycles. The van der Waals surface area contributed by atoms with E-state index in [9.17, 15) is 8.78 Å². The van der Waals surface area contributed by atoms with E-state index in [4.69, 9.17) is 15.2 Å². The summed E-state index contributed by atoms with van der Waals surface area (Å²) in [5.74, 6) is -1.07. The van der Waals surface area contributed by atoms with Crippen LogP contribution in [0.15, 0.2) is 6.20 Å². The van der Waals surface area contributed by atoms with E-state index in [1.54, 1.807) is 18.7 Å². The van der Waals surface area contributed by atoms with Crippen LogP contribution in [0.1, 0.15) is 20.3 Å². The summed E-state index contributed by atoms with van der Waals surface area (Å²) in [7, 11) is 0. The zero-order chi connectivity index (χ0) is 15.6. The Bertz CT molecular complexity index is 627. The zero-order valence-electron chi connectivity index (χ0n) is 12.3. The van der Waals surface area contributed by atoms with E-state index in [0.29, 0.717) is 5.69 Å². The van der Waals surface area contributed by atoms with Gasteiger partial charge in [-0.1, -0.05) is 0 Å². The molecule has 4 rings (SSSR count). The van der Waals surface area contributed by atoms with E-state index >= 15 is 0 Å². The second-order valence-corrected chi connectivity index (χ2v) is 6.40. The number of aromatic nitrogens is 1. The highest BCUT2D eigenvalue weighted by molar-refractivity contribution is 5.83. The fourth-order valence-corrected chi connectivity index (χ4v) is 3.72. The molecule has 3 N–H and O–H groups in total. The van der Waals surface area contributed by atoms with E-state index < -0.39 is 29.9 Å². The lowest BCUT2D eigenvalue weighted by Gasteiger charge is -2.32. The minimum atomic E-state index is -1.16. The lowest BCUT2D eigenvalue weighted by molar-refractivity contribution is -0.156. The van der Waals surface area contributed by atoms with E-state index in [0.717, 1.165) is 6.20 Å². The van der Waals surface area contributed by atoms with Crippen molar-refractivity contribution in [2.24, 2.45) is 0 Å². The molecule has 3 aliphatic rings. The van der Waals surface area contributed by atoms with Crippen molar-refractivity contribution in [2.45, 2.75) is 50.5 Å². The predicted molar refractivity (Wildman–Crippen MR) is 76.7 cm³/mol. The molecular weight excluding hydrogens is 294 g/mol. The Hall–Kier alpha value is -1.67. The van der Waals surface area contributed by atoms with Crippen molar-refractivity contribution >= 4 is 17.2 Å². The first-order valence-corrected chi connectivity index (χ1v) is 7.31. The van der Waals surface area contributed by atoms with Crippen LogP contribution < -0.4 is 16.0 Å². The molecule has 2 aliphatic heterocycles.